The third-order valence-corrected chi connectivity index (χ3v) is 3.04. The van der Waals surface area contributed by atoms with Crippen LogP contribution in [0.3, 0.4) is 0 Å². The van der Waals surface area contributed by atoms with Crippen LogP contribution in [-0.2, 0) is 14.3 Å². The molecule has 0 aromatic heterocycles. The Balaban J connectivity index is 1.92. The highest BCUT2D eigenvalue weighted by atomic mass is 19.1. The Hall–Kier alpha value is -1.66. The molecule has 0 unspecified atom stereocenters. The van der Waals surface area contributed by atoms with E-state index in [1.807, 2.05) is 0 Å². The van der Waals surface area contributed by atoms with Crippen molar-refractivity contribution < 1.29 is 23.4 Å². The van der Waals surface area contributed by atoms with E-state index in [9.17, 15) is 9.18 Å². The van der Waals surface area contributed by atoms with Crippen LogP contribution in [0.4, 0.5) is 10.1 Å². The Morgan fingerprint density at radius 2 is 2.35 bits per heavy atom. The predicted molar refractivity (Wildman–Crippen MR) is 71.3 cm³/mol. The van der Waals surface area contributed by atoms with E-state index in [4.69, 9.17) is 14.2 Å². The largest absolute Gasteiger partial charge is 0.488 e. The number of amides is 1. The van der Waals surface area contributed by atoms with Gasteiger partial charge in [-0.15, -0.1) is 0 Å². The molecule has 1 fully saturated rings. The molecule has 0 spiro atoms. The van der Waals surface area contributed by atoms with Crippen molar-refractivity contribution in [2.45, 2.75) is 6.42 Å². The number of nitrogens with one attached hydrogen (secondary N) is 1. The van der Waals surface area contributed by atoms with Gasteiger partial charge in [0, 0.05) is 25.5 Å². The number of ether oxygens (including phenoxy) is 3. The van der Waals surface area contributed by atoms with Gasteiger partial charge in [-0.1, -0.05) is 0 Å². The number of carbonyl (C=O) groups excluding carboxylic acids is 1. The van der Waals surface area contributed by atoms with Crippen molar-refractivity contribution >= 4 is 11.6 Å². The van der Waals surface area contributed by atoms with Crippen molar-refractivity contribution in [2.75, 3.05) is 38.9 Å². The summed E-state index contributed by atoms with van der Waals surface area (Å²) in [5, 5.41) is 2.68. The van der Waals surface area contributed by atoms with Gasteiger partial charge in [-0.2, -0.15) is 0 Å². The topological polar surface area (TPSA) is 56.8 Å². The third-order valence-electron chi connectivity index (χ3n) is 3.04. The van der Waals surface area contributed by atoms with E-state index < -0.39 is 5.82 Å². The molecule has 1 aromatic rings. The van der Waals surface area contributed by atoms with Crippen molar-refractivity contribution in [1.29, 1.82) is 0 Å². The first-order valence-electron chi connectivity index (χ1n) is 6.50. The van der Waals surface area contributed by atoms with Crippen molar-refractivity contribution in [2.24, 2.45) is 5.92 Å². The lowest BCUT2D eigenvalue weighted by Crippen LogP contribution is -2.22. The molecular weight excluding hydrogens is 265 g/mol. The summed E-state index contributed by atoms with van der Waals surface area (Å²) < 4.78 is 28.9. The lowest BCUT2D eigenvalue weighted by atomic mass is 10.1. The summed E-state index contributed by atoms with van der Waals surface area (Å²) in [5.74, 6) is -0.670. The molecule has 5 nitrogen and oxygen atoms in total. The Labute approximate surface area is 117 Å². The van der Waals surface area contributed by atoms with E-state index in [0.717, 1.165) is 0 Å². The number of methoxy groups -OCH3 is 1. The van der Waals surface area contributed by atoms with Crippen LogP contribution < -0.4 is 10.1 Å². The number of rotatable bonds is 6. The van der Waals surface area contributed by atoms with Gasteiger partial charge < -0.3 is 19.5 Å². The SMILES string of the molecule is COCCOc1ccc(NC(=O)[C@H]2CCOC2)cc1F. The summed E-state index contributed by atoms with van der Waals surface area (Å²) >= 11 is 0. The second-order valence-corrected chi connectivity index (χ2v) is 4.54. The van der Waals surface area contributed by atoms with Crippen LogP contribution in [0.2, 0.25) is 0 Å². The Morgan fingerprint density at radius 3 is 3.00 bits per heavy atom. The monoisotopic (exact) mass is 283 g/mol. The first-order valence-corrected chi connectivity index (χ1v) is 6.50. The molecule has 1 amide bonds. The quantitative estimate of drug-likeness (QED) is 0.809. The minimum Gasteiger partial charge on any atom is -0.488 e. The number of hydrogen-bond acceptors (Lipinski definition) is 4. The number of carbonyl (C=O) groups is 1. The maximum Gasteiger partial charge on any atom is 0.229 e. The molecule has 0 bridgehead atoms. The molecular formula is C14H18FNO4. The zero-order valence-corrected chi connectivity index (χ0v) is 11.4. The van der Waals surface area contributed by atoms with Gasteiger partial charge in [-0.25, -0.2) is 4.39 Å². The normalized spacial score (nSPS) is 18.0. The highest BCUT2D eigenvalue weighted by Crippen LogP contribution is 2.22. The molecule has 2 rings (SSSR count). The Kier molecular flexibility index (Phi) is 5.31. The highest BCUT2D eigenvalue weighted by molar-refractivity contribution is 5.92. The van der Waals surface area contributed by atoms with E-state index in [1.165, 1.54) is 12.1 Å². The van der Waals surface area contributed by atoms with E-state index >= 15 is 0 Å². The van der Waals surface area contributed by atoms with Gasteiger partial charge >= 0.3 is 0 Å². The van der Waals surface area contributed by atoms with Crippen LogP contribution in [-0.4, -0.2) is 39.4 Å². The second-order valence-electron chi connectivity index (χ2n) is 4.54. The average molecular weight is 283 g/mol. The second kappa shape index (κ2) is 7.21. The molecule has 20 heavy (non-hydrogen) atoms. The molecule has 1 N–H and O–H groups in total. The minimum absolute atomic E-state index is 0.143. The lowest BCUT2D eigenvalue weighted by Gasteiger charge is -2.11. The van der Waals surface area contributed by atoms with Crippen molar-refractivity contribution in [3.05, 3.63) is 24.0 Å². The van der Waals surface area contributed by atoms with Crippen LogP contribution in [0.5, 0.6) is 5.75 Å². The van der Waals surface area contributed by atoms with Gasteiger partial charge in [0.15, 0.2) is 11.6 Å². The summed E-state index contributed by atoms with van der Waals surface area (Å²) in [7, 11) is 1.55. The molecule has 110 valence electrons. The van der Waals surface area contributed by atoms with Crippen molar-refractivity contribution in [3.63, 3.8) is 0 Å². The number of halogens is 1. The van der Waals surface area contributed by atoms with Crippen LogP contribution >= 0.6 is 0 Å². The number of anilines is 1. The van der Waals surface area contributed by atoms with Gasteiger partial charge in [0.2, 0.25) is 5.91 Å². The van der Waals surface area contributed by atoms with Gasteiger partial charge in [-0.05, 0) is 18.6 Å². The smallest absolute Gasteiger partial charge is 0.229 e. The minimum atomic E-state index is -0.512. The van der Waals surface area contributed by atoms with E-state index in [1.54, 1.807) is 13.2 Å². The van der Waals surface area contributed by atoms with Gasteiger partial charge in [-0.3, -0.25) is 4.79 Å². The fraction of sp³-hybridized carbons (Fsp3) is 0.500. The Morgan fingerprint density at radius 1 is 1.50 bits per heavy atom. The highest BCUT2D eigenvalue weighted by Gasteiger charge is 2.23. The fourth-order valence-electron chi connectivity index (χ4n) is 1.92. The molecule has 0 saturated carbocycles. The average Bonchev–Trinajstić information content (AvgIpc) is 2.95. The first kappa shape index (κ1) is 14.7. The molecule has 6 heteroatoms. The standard InChI is InChI=1S/C14H18FNO4/c1-18-6-7-20-13-3-2-11(8-12(13)15)16-14(17)10-4-5-19-9-10/h2-3,8,10H,4-7,9H2,1H3,(H,16,17)/t10-/m0/s1. The number of hydrogen-bond donors (Lipinski definition) is 1. The predicted octanol–water partition coefficient (Wildman–Crippen LogP) is 1.83. The van der Waals surface area contributed by atoms with Crippen LogP contribution in [0.15, 0.2) is 18.2 Å². The van der Waals surface area contributed by atoms with Gasteiger partial charge in [0.1, 0.15) is 6.61 Å². The van der Waals surface area contributed by atoms with Crippen molar-refractivity contribution in [3.8, 4) is 5.75 Å². The molecule has 1 aliphatic heterocycles. The molecule has 1 aliphatic rings. The maximum absolute atomic E-state index is 13.8. The lowest BCUT2D eigenvalue weighted by molar-refractivity contribution is -0.119. The summed E-state index contributed by atoms with van der Waals surface area (Å²) in [6.07, 6.45) is 0.701. The molecule has 1 atom stereocenters. The molecule has 0 radical (unpaired) electrons. The molecule has 1 aromatic carbocycles. The van der Waals surface area contributed by atoms with Crippen LogP contribution in [0, 0.1) is 11.7 Å². The Bertz CT molecular complexity index is 460. The zero-order valence-electron chi connectivity index (χ0n) is 11.4. The fourth-order valence-corrected chi connectivity index (χ4v) is 1.92. The molecule has 0 aliphatic carbocycles. The molecule has 1 saturated heterocycles. The summed E-state index contributed by atoms with van der Waals surface area (Å²) in [5.41, 5.74) is 0.415. The summed E-state index contributed by atoms with van der Waals surface area (Å²) in [6.45, 7) is 1.68. The van der Waals surface area contributed by atoms with E-state index in [0.29, 0.717) is 31.9 Å². The van der Waals surface area contributed by atoms with E-state index in [2.05, 4.69) is 5.32 Å². The van der Waals surface area contributed by atoms with Gasteiger partial charge in [0.05, 0.1) is 19.1 Å². The summed E-state index contributed by atoms with van der Waals surface area (Å²) in [6, 6.07) is 4.35. The first-order chi connectivity index (χ1) is 9.70. The van der Waals surface area contributed by atoms with Crippen LogP contribution in [0.1, 0.15) is 6.42 Å². The maximum atomic E-state index is 13.8. The number of benzene rings is 1. The van der Waals surface area contributed by atoms with Crippen LogP contribution in [0.25, 0.3) is 0 Å². The zero-order chi connectivity index (χ0) is 14.4. The summed E-state index contributed by atoms with van der Waals surface area (Å²) in [4.78, 5) is 11.9. The van der Waals surface area contributed by atoms with Crippen molar-refractivity contribution in [1.82, 2.24) is 0 Å². The van der Waals surface area contributed by atoms with Gasteiger partial charge in [0.25, 0.3) is 0 Å². The molecule has 1 heterocycles. The third kappa shape index (κ3) is 3.91. The van der Waals surface area contributed by atoms with E-state index in [-0.39, 0.29) is 24.2 Å².